The van der Waals surface area contributed by atoms with E-state index in [1.807, 2.05) is 38.2 Å². The molecule has 0 bridgehead atoms. The van der Waals surface area contributed by atoms with Gasteiger partial charge in [-0.05, 0) is 38.0 Å². The number of Topliss-reactive ketones (excluding diaryl/α,β-unsaturated/α-hetero) is 1. The number of hydrogen-bond donors (Lipinski definition) is 1. The molecule has 114 valence electrons. The summed E-state index contributed by atoms with van der Waals surface area (Å²) in [7, 11) is 0. The van der Waals surface area contributed by atoms with Crippen LogP contribution in [-0.2, 0) is 4.79 Å². The molecule has 0 aliphatic heterocycles. The smallest absolute Gasteiger partial charge is 0.140 e. The van der Waals surface area contributed by atoms with E-state index in [9.17, 15) is 4.79 Å². The third-order valence-corrected chi connectivity index (χ3v) is 4.27. The molecule has 1 N–H and O–H groups in total. The number of allylic oxidation sites excluding steroid dienone is 1. The maximum Gasteiger partial charge on any atom is 0.140 e. The van der Waals surface area contributed by atoms with Crippen LogP contribution in [0.25, 0.3) is 21.9 Å². The van der Waals surface area contributed by atoms with Crippen LogP contribution in [-0.4, -0.2) is 10.8 Å². The Morgan fingerprint density at radius 2 is 2.18 bits per heavy atom. The topological polar surface area (TPSA) is 46.0 Å². The molecule has 3 heteroatoms. The Labute approximate surface area is 130 Å². The number of benzene rings is 1. The normalized spacial score (nSPS) is 12.8. The van der Waals surface area contributed by atoms with E-state index in [-0.39, 0.29) is 11.7 Å². The Bertz CT molecular complexity index is 837. The third-order valence-electron chi connectivity index (χ3n) is 4.27. The average Bonchev–Trinajstić information content (AvgIpc) is 3.12. The zero-order valence-corrected chi connectivity index (χ0v) is 13.1. The van der Waals surface area contributed by atoms with Crippen molar-refractivity contribution in [1.29, 1.82) is 0 Å². The molecule has 3 aromatic rings. The van der Waals surface area contributed by atoms with Crippen LogP contribution >= 0.6 is 0 Å². The minimum atomic E-state index is -0.122. The fourth-order valence-corrected chi connectivity index (χ4v) is 3.08. The summed E-state index contributed by atoms with van der Waals surface area (Å²) in [6, 6.07) is 6.02. The van der Waals surface area contributed by atoms with Gasteiger partial charge in [0.2, 0.25) is 0 Å². The standard InChI is InChI=1S/C19H21NO2/c1-4-17(21)13(6-5-12(2)3)15-11-22-18-8-7-16-14(19(15)18)9-10-20-16/h7-11,13,20H,2,4-6H2,1,3H3/t13-/m1/s1. The average molecular weight is 295 g/mol. The van der Waals surface area contributed by atoms with Crippen LogP contribution < -0.4 is 0 Å². The van der Waals surface area contributed by atoms with Crippen molar-refractivity contribution >= 4 is 27.7 Å². The number of ketones is 1. The van der Waals surface area contributed by atoms with E-state index in [1.54, 1.807) is 6.26 Å². The van der Waals surface area contributed by atoms with E-state index in [1.165, 1.54) is 0 Å². The molecule has 0 aliphatic rings. The minimum Gasteiger partial charge on any atom is -0.464 e. The largest absolute Gasteiger partial charge is 0.464 e. The quantitative estimate of drug-likeness (QED) is 0.624. The molecule has 0 radical (unpaired) electrons. The number of aromatic nitrogens is 1. The number of rotatable bonds is 6. The second kappa shape index (κ2) is 5.84. The first-order valence-electron chi connectivity index (χ1n) is 7.76. The Morgan fingerprint density at radius 1 is 1.36 bits per heavy atom. The molecule has 3 rings (SSSR count). The predicted molar refractivity (Wildman–Crippen MR) is 90.2 cm³/mol. The highest BCUT2D eigenvalue weighted by atomic mass is 16.3. The number of hydrogen-bond acceptors (Lipinski definition) is 2. The first-order valence-corrected chi connectivity index (χ1v) is 7.76. The molecule has 0 saturated heterocycles. The van der Waals surface area contributed by atoms with Gasteiger partial charge in [-0.2, -0.15) is 0 Å². The molecule has 1 atom stereocenters. The summed E-state index contributed by atoms with van der Waals surface area (Å²) in [6.07, 6.45) is 5.86. The molecule has 0 unspecified atom stereocenters. The van der Waals surface area contributed by atoms with E-state index in [0.717, 1.165) is 45.9 Å². The summed E-state index contributed by atoms with van der Waals surface area (Å²) in [5.74, 6) is 0.139. The molecule has 0 aliphatic carbocycles. The first kappa shape index (κ1) is 14.6. The number of fused-ring (bicyclic) bond motifs is 3. The Kier molecular flexibility index (Phi) is 3.88. The van der Waals surface area contributed by atoms with Crippen LogP contribution in [0.15, 0.2) is 47.2 Å². The molecule has 22 heavy (non-hydrogen) atoms. The lowest BCUT2D eigenvalue weighted by Gasteiger charge is -2.14. The molecule has 2 aromatic heterocycles. The lowest BCUT2D eigenvalue weighted by Crippen LogP contribution is -2.11. The van der Waals surface area contributed by atoms with E-state index >= 15 is 0 Å². The Balaban J connectivity index is 2.14. The van der Waals surface area contributed by atoms with Gasteiger partial charge < -0.3 is 9.40 Å². The summed E-state index contributed by atoms with van der Waals surface area (Å²) in [4.78, 5) is 15.7. The number of carbonyl (C=O) groups is 1. The Morgan fingerprint density at radius 3 is 2.91 bits per heavy atom. The van der Waals surface area contributed by atoms with Crippen molar-refractivity contribution in [2.75, 3.05) is 0 Å². The van der Waals surface area contributed by atoms with Gasteiger partial charge in [0.15, 0.2) is 0 Å². The molecular weight excluding hydrogens is 274 g/mol. The van der Waals surface area contributed by atoms with Crippen molar-refractivity contribution in [3.63, 3.8) is 0 Å². The summed E-state index contributed by atoms with van der Waals surface area (Å²) in [5.41, 5.74) is 4.02. The Hall–Kier alpha value is -2.29. The third kappa shape index (κ3) is 2.47. The van der Waals surface area contributed by atoms with Gasteiger partial charge in [0.25, 0.3) is 0 Å². The van der Waals surface area contributed by atoms with Crippen molar-refractivity contribution in [2.24, 2.45) is 0 Å². The monoisotopic (exact) mass is 295 g/mol. The van der Waals surface area contributed by atoms with E-state index < -0.39 is 0 Å². The second-order valence-electron chi connectivity index (χ2n) is 5.94. The van der Waals surface area contributed by atoms with Gasteiger partial charge in [-0.3, -0.25) is 4.79 Å². The second-order valence-corrected chi connectivity index (χ2v) is 5.94. The SMILES string of the molecule is C=C(C)CC[C@@H](C(=O)CC)c1coc2ccc3[nH]ccc3c12. The highest BCUT2D eigenvalue weighted by molar-refractivity contribution is 6.08. The fraction of sp³-hybridized carbons (Fsp3) is 0.316. The van der Waals surface area contributed by atoms with Gasteiger partial charge in [-0.1, -0.05) is 12.5 Å². The highest BCUT2D eigenvalue weighted by Crippen LogP contribution is 2.36. The van der Waals surface area contributed by atoms with Gasteiger partial charge in [-0.25, -0.2) is 0 Å². The van der Waals surface area contributed by atoms with E-state index in [4.69, 9.17) is 4.42 Å². The molecule has 0 amide bonds. The highest BCUT2D eigenvalue weighted by Gasteiger charge is 2.24. The van der Waals surface area contributed by atoms with Crippen LogP contribution in [0.4, 0.5) is 0 Å². The summed E-state index contributed by atoms with van der Waals surface area (Å²) >= 11 is 0. The first-order chi connectivity index (χ1) is 10.6. The lowest BCUT2D eigenvalue weighted by molar-refractivity contribution is -0.120. The molecule has 0 fully saturated rings. The molecule has 3 nitrogen and oxygen atoms in total. The lowest BCUT2D eigenvalue weighted by atomic mass is 9.87. The summed E-state index contributed by atoms with van der Waals surface area (Å²) in [6.45, 7) is 7.88. The van der Waals surface area contributed by atoms with Gasteiger partial charge in [0.1, 0.15) is 11.4 Å². The van der Waals surface area contributed by atoms with Crippen LogP contribution in [0.2, 0.25) is 0 Å². The number of carbonyl (C=O) groups excluding carboxylic acids is 1. The number of H-pyrrole nitrogens is 1. The van der Waals surface area contributed by atoms with Crippen LogP contribution in [0.3, 0.4) is 0 Å². The summed E-state index contributed by atoms with van der Waals surface area (Å²) in [5, 5.41) is 2.18. The zero-order valence-electron chi connectivity index (χ0n) is 13.1. The predicted octanol–water partition coefficient (Wildman–Crippen LogP) is 5.33. The van der Waals surface area contributed by atoms with Gasteiger partial charge in [0, 0.05) is 40.4 Å². The van der Waals surface area contributed by atoms with Crippen LogP contribution in [0.1, 0.15) is 44.6 Å². The van der Waals surface area contributed by atoms with Crippen molar-refractivity contribution in [3.8, 4) is 0 Å². The number of nitrogens with one attached hydrogen (secondary N) is 1. The minimum absolute atomic E-state index is 0.122. The van der Waals surface area contributed by atoms with Gasteiger partial charge in [-0.15, -0.1) is 6.58 Å². The van der Waals surface area contributed by atoms with Crippen LogP contribution in [0.5, 0.6) is 0 Å². The van der Waals surface area contributed by atoms with E-state index in [0.29, 0.717) is 6.42 Å². The molecule has 0 saturated carbocycles. The number of aromatic amines is 1. The maximum absolute atomic E-state index is 12.5. The van der Waals surface area contributed by atoms with Gasteiger partial charge >= 0.3 is 0 Å². The molecule has 2 heterocycles. The molecular formula is C19H21NO2. The maximum atomic E-state index is 12.5. The molecule has 0 spiro atoms. The van der Waals surface area contributed by atoms with E-state index in [2.05, 4.69) is 11.6 Å². The van der Waals surface area contributed by atoms with Crippen LogP contribution in [0, 0.1) is 0 Å². The summed E-state index contributed by atoms with van der Waals surface area (Å²) < 4.78 is 5.72. The fourth-order valence-electron chi connectivity index (χ4n) is 3.08. The van der Waals surface area contributed by atoms with Crippen molar-refractivity contribution < 1.29 is 9.21 Å². The van der Waals surface area contributed by atoms with Crippen molar-refractivity contribution in [2.45, 2.75) is 39.0 Å². The molecule has 1 aromatic carbocycles. The zero-order chi connectivity index (χ0) is 15.7. The van der Waals surface area contributed by atoms with Crippen molar-refractivity contribution in [1.82, 2.24) is 4.98 Å². The van der Waals surface area contributed by atoms with Gasteiger partial charge in [0.05, 0.1) is 6.26 Å². The van der Waals surface area contributed by atoms with Crippen molar-refractivity contribution in [3.05, 3.63) is 48.4 Å². The number of furan rings is 1.